The van der Waals surface area contributed by atoms with Crippen molar-refractivity contribution in [3.63, 3.8) is 0 Å². The molecule has 32 heavy (non-hydrogen) atoms. The van der Waals surface area contributed by atoms with E-state index >= 15 is 0 Å². The largest absolute Gasteiger partial charge is 0.483 e. The number of nitrogens with one attached hydrogen (secondary N) is 1. The second kappa shape index (κ2) is 9.89. The summed E-state index contributed by atoms with van der Waals surface area (Å²) < 4.78 is 37.5. The minimum Gasteiger partial charge on any atom is -0.483 e. The Balaban J connectivity index is 1.41. The number of carbonyl (C=O) groups excluding carboxylic acids is 1. The van der Waals surface area contributed by atoms with E-state index in [0.717, 1.165) is 21.9 Å². The number of anilines is 1. The van der Waals surface area contributed by atoms with Gasteiger partial charge in [0.25, 0.3) is 5.91 Å². The zero-order valence-corrected chi connectivity index (χ0v) is 18.1. The zero-order valence-electron chi connectivity index (χ0n) is 16.5. The molecule has 4 rings (SSSR count). The molecule has 0 bridgehead atoms. The standard InChI is InChI=1S/C24H16ClF2NO3S/c25-15-5-9-18(10-6-15)32-23-4-2-1-3-20(23)28-24(29)22-12-8-17(31-22)14-30-21-11-7-16(26)13-19(21)27/h1-13H,14H2,(H,28,29). The van der Waals surface area contributed by atoms with E-state index in [-0.39, 0.29) is 18.1 Å². The molecule has 0 saturated heterocycles. The van der Waals surface area contributed by atoms with Gasteiger partial charge in [0.2, 0.25) is 0 Å². The lowest BCUT2D eigenvalue weighted by Crippen LogP contribution is -2.11. The van der Waals surface area contributed by atoms with E-state index in [1.807, 2.05) is 30.3 Å². The van der Waals surface area contributed by atoms with E-state index in [1.54, 1.807) is 24.3 Å². The molecule has 1 aromatic heterocycles. The van der Waals surface area contributed by atoms with Crippen molar-refractivity contribution in [1.29, 1.82) is 0 Å². The quantitative estimate of drug-likeness (QED) is 0.310. The van der Waals surface area contributed by atoms with Crippen LogP contribution >= 0.6 is 23.4 Å². The maximum Gasteiger partial charge on any atom is 0.291 e. The number of halogens is 3. The van der Waals surface area contributed by atoms with Crippen LogP contribution in [0.5, 0.6) is 5.75 Å². The maximum absolute atomic E-state index is 13.7. The average molecular weight is 472 g/mol. The van der Waals surface area contributed by atoms with Crippen molar-refractivity contribution < 1.29 is 22.7 Å². The minimum absolute atomic E-state index is 0.0782. The summed E-state index contributed by atoms with van der Waals surface area (Å²) in [6.07, 6.45) is 0. The SMILES string of the molecule is O=C(Nc1ccccc1Sc1ccc(Cl)cc1)c1ccc(COc2ccc(F)cc2F)o1. The van der Waals surface area contributed by atoms with Gasteiger partial charge in [0.15, 0.2) is 17.3 Å². The van der Waals surface area contributed by atoms with Crippen molar-refractivity contribution >= 4 is 35.0 Å². The molecule has 0 aliphatic heterocycles. The first-order valence-electron chi connectivity index (χ1n) is 9.48. The fourth-order valence-electron chi connectivity index (χ4n) is 2.79. The molecule has 0 saturated carbocycles. The maximum atomic E-state index is 13.7. The van der Waals surface area contributed by atoms with E-state index in [0.29, 0.717) is 16.5 Å². The number of hydrogen-bond acceptors (Lipinski definition) is 4. The van der Waals surface area contributed by atoms with E-state index in [2.05, 4.69) is 5.32 Å². The highest BCUT2D eigenvalue weighted by molar-refractivity contribution is 7.99. The number of ether oxygens (including phenoxy) is 1. The molecule has 0 atom stereocenters. The van der Waals surface area contributed by atoms with Crippen molar-refractivity contribution in [2.45, 2.75) is 16.4 Å². The van der Waals surface area contributed by atoms with Crippen LogP contribution in [0.25, 0.3) is 0 Å². The van der Waals surface area contributed by atoms with Gasteiger partial charge >= 0.3 is 0 Å². The minimum atomic E-state index is -0.815. The summed E-state index contributed by atoms with van der Waals surface area (Å²) in [6, 6.07) is 20.9. The van der Waals surface area contributed by atoms with Crippen LogP contribution in [0.3, 0.4) is 0 Å². The summed E-state index contributed by atoms with van der Waals surface area (Å²) in [5.41, 5.74) is 0.625. The third-order valence-corrected chi connectivity index (χ3v) is 5.66. The van der Waals surface area contributed by atoms with Crippen LogP contribution in [0.4, 0.5) is 14.5 Å². The predicted molar refractivity (Wildman–Crippen MR) is 119 cm³/mol. The van der Waals surface area contributed by atoms with Gasteiger partial charge in [-0.15, -0.1) is 0 Å². The highest BCUT2D eigenvalue weighted by atomic mass is 35.5. The Kier molecular flexibility index (Phi) is 6.78. The van der Waals surface area contributed by atoms with E-state index in [1.165, 1.54) is 23.9 Å². The Bertz CT molecular complexity index is 1240. The lowest BCUT2D eigenvalue weighted by molar-refractivity contribution is 0.0992. The van der Waals surface area contributed by atoms with Crippen molar-refractivity contribution in [3.05, 3.63) is 107 Å². The number of hydrogen-bond donors (Lipinski definition) is 1. The average Bonchev–Trinajstić information content (AvgIpc) is 3.25. The fourth-order valence-corrected chi connectivity index (χ4v) is 3.82. The summed E-state index contributed by atoms with van der Waals surface area (Å²) in [7, 11) is 0. The second-order valence-corrected chi connectivity index (χ2v) is 8.19. The number of benzene rings is 3. The Hall–Kier alpha value is -3.29. The lowest BCUT2D eigenvalue weighted by Gasteiger charge is -2.10. The summed E-state index contributed by atoms with van der Waals surface area (Å²) in [5.74, 6) is -1.65. The normalized spacial score (nSPS) is 10.7. The summed E-state index contributed by atoms with van der Waals surface area (Å²) >= 11 is 7.42. The highest BCUT2D eigenvalue weighted by Gasteiger charge is 2.15. The molecule has 162 valence electrons. The van der Waals surface area contributed by atoms with Crippen LogP contribution < -0.4 is 10.1 Å². The first-order valence-corrected chi connectivity index (χ1v) is 10.7. The molecule has 0 radical (unpaired) electrons. The molecule has 0 aliphatic carbocycles. The summed E-state index contributed by atoms with van der Waals surface area (Å²) in [6.45, 7) is -0.112. The third-order valence-electron chi connectivity index (χ3n) is 4.33. The van der Waals surface area contributed by atoms with Gasteiger partial charge in [-0.2, -0.15) is 0 Å². The number of carbonyl (C=O) groups is 1. The molecule has 0 fully saturated rings. The van der Waals surface area contributed by atoms with Gasteiger partial charge in [0.1, 0.15) is 18.2 Å². The molecule has 1 amide bonds. The summed E-state index contributed by atoms with van der Waals surface area (Å²) in [4.78, 5) is 14.5. The van der Waals surface area contributed by atoms with Gasteiger partial charge in [-0.05, 0) is 60.7 Å². The number of rotatable bonds is 7. The first-order chi connectivity index (χ1) is 15.5. The Morgan fingerprint density at radius 1 is 1.00 bits per heavy atom. The Morgan fingerprint density at radius 2 is 1.78 bits per heavy atom. The van der Waals surface area contributed by atoms with Crippen molar-refractivity contribution in [2.24, 2.45) is 0 Å². The van der Waals surface area contributed by atoms with Crippen molar-refractivity contribution in [3.8, 4) is 5.75 Å². The van der Waals surface area contributed by atoms with Crippen molar-refractivity contribution in [2.75, 3.05) is 5.32 Å². The Morgan fingerprint density at radius 3 is 2.56 bits per heavy atom. The topological polar surface area (TPSA) is 51.5 Å². The smallest absolute Gasteiger partial charge is 0.291 e. The molecule has 4 aromatic rings. The highest BCUT2D eigenvalue weighted by Crippen LogP contribution is 2.34. The molecule has 0 aliphatic rings. The number of furan rings is 1. The summed E-state index contributed by atoms with van der Waals surface area (Å²) in [5, 5.41) is 3.49. The van der Waals surface area contributed by atoms with E-state index in [9.17, 15) is 13.6 Å². The monoisotopic (exact) mass is 471 g/mol. The zero-order chi connectivity index (χ0) is 22.5. The molecule has 0 unspecified atom stereocenters. The van der Waals surface area contributed by atoms with Gasteiger partial charge < -0.3 is 14.5 Å². The lowest BCUT2D eigenvalue weighted by atomic mass is 10.3. The number of para-hydroxylation sites is 1. The molecular formula is C24H16ClF2NO3S. The van der Waals surface area contributed by atoms with E-state index < -0.39 is 17.5 Å². The van der Waals surface area contributed by atoms with Crippen LogP contribution in [-0.4, -0.2) is 5.91 Å². The van der Waals surface area contributed by atoms with Crippen LogP contribution in [0.1, 0.15) is 16.3 Å². The first kappa shape index (κ1) is 21.9. The van der Waals surface area contributed by atoms with Gasteiger partial charge in [0.05, 0.1) is 5.69 Å². The molecule has 1 N–H and O–H groups in total. The molecular weight excluding hydrogens is 456 g/mol. The van der Waals surface area contributed by atoms with E-state index in [4.69, 9.17) is 20.8 Å². The molecule has 8 heteroatoms. The van der Waals surface area contributed by atoms with Crippen molar-refractivity contribution in [1.82, 2.24) is 0 Å². The van der Waals surface area contributed by atoms with Crippen LogP contribution in [0.15, 0.2) is 93.1 Å². The molecule has 3 aromatic carbocycles. The van der Waals surface area contributed by atoms with Gasteiger partial charge in [-0.1, -0.05) is 35.5 Å². The fraction of sp³-hybridized carbons (Fsp3) is 0.0417. The molecule has 4 nitrogen and oxygen atoms in total. The van der Waals surface area contributed by atoms with Gasteiger partial charge in [-0.25, -0.2) is 8.78 Å². The molecule has 1 heterocycles. The predicted octanol–water partition coefficient (Wildman–Crippen LogP) is 7.19. The van der Waals surface area contributed by atoms with Crippen LogP contribution in [0.2, 0.25) is 5.02 Å². The van der Waals surface area contributed by atoms with Crippen LogP contribution in [0, 0.1) is 11.6 Å². The molecule has 0 spiro atoms. The van der Waals surface area contributed by atoms with Gasteiger partial charge in [0, 0.05) is 20.9 Å². The second-order valence-electron chi connectivity index (χ2n) is 6.64. The Labute approximate surface area is 192 Å². The number of amides is 1. The third kappa shape index (κ3) is 5.49. The van der Waals surface area contributed by atoms with Crippen LogP contribution in [-0.2, 0) is 6.61 Å². The van der Waals surface area contributed by atoms with Gasteiger partial charge in [-0.3, -0.25) is 4.79 Å².